The van der Waals surface area contributed by atoms with Crippen LogP contribution < -0.4 is 36.0 Å². The van der Waals surface area contributed by atoms with Crippen molar-refractivity contribution in [3.63, 3.8) is 0 Å². The van der Waals surface area contributed by atoms with Crippen LogP contribution in [0.4, 0.5) is 68.2 Å². The van der Waals surface area contributed by atoms with Gasteiger partial charge in [-0.3, -0.25) is 0 Å². The Morgan fingerprint density at radius 3 is 1.10 bits per heavy atom. The summed E-state index contributed by atoms with van der Waals surface area (Å²) in [6, 6.07) is 79.0. The van der Waals surface area contributed by atoms with Crippen molar-refractivity contribution < 1.29 is 1.37 Å². The molecule has 90 heavy (non-hydrogen) atoms. The van der Waals surface area contributed by atoms with Crippen molar-refractivity contribution in [3.8, 4) is 0 Å². The zero-order chi connectivity index (χ0) is 64.6. The Hall–Kier alpha value is -8.32. The molecule has 0 unspecified atom stereocenters. The second-order valence-electron chi connectivity index (χ2n) is 31.6. The van der Waals surface area contributed by atoms with E-state index in [1.807, 2.05) is 11.3 Å². The maximum Gasteiger partial charge on any atom is 0.254 e. The third kappa shape index (κ3) is 10.8. The van der Waals surface area contributed by atoms with Gasteiger partial charge in [-0.2, -0.15) is 0 Å². The van der Waals surface area contributed by atoms with Crippen molar-refractivity contribution >= 4 is 123 Å². The molecule has 0 bridgehead atoms. The van der Waals surface area contributed by atoms with E-state index in [9.17, 15) is 1.37 Å². The Labute approximate surface area is 543 Å². The predicted octanol–water partition coefficient (Wildman–Crippen LogP) is 22.9. The zero-order valence-electron chi connectivity index (χ0n) is 57.4. The number of fused-ring (bicyclic) bond motifs is 8. The lowest BCUT2D eigenvalue weighted by Crippen LogP contribution is -2.61. The van der Waals surface area contributed by atoms with Crippen molar-refractivity contribution in [3.05, 3.63) is 246 Å². The molecule has 0 amide bonds. The summed E-state index contributed by atoms with van der Waals surface area (Å²) >= 11 is 1.91. The molecule has 0 N–H and O–H groups in total. The average molecular weight is 1200 g/mol. The molecule has 0 aliphatic carbocycles. The summed E-state index contributed by atoms with van der Waals surface area (Å²) in [5, 5.41) is 2.46. The Bertz CT molecular complexity index is 4430. The second kappa shape index (κ2) is 21.7. The van der Waals surface area contributed by atoms with Crippen LogP contribution in [0.3, 0.4) is 0 Å². The minimum atomic E-state index is -0.236. The molecule has 3 heterocycles. The normalized spacial score (nSPS) is 13.8. The second-order valence-corrected chi connectivity index (χ2v) is 32.6. The number of hydrogen-bond acceptors (Lipinski definition) is 5. The first-order chi connectivity index (χ1) is 42.8. The van der Waals surface area contributed by atoms with Gasteiger partial charge in [-0.1, -0.05) is 228 Å². The van der Waals surface area contributed by atoms with Gasteiger partial charge in [0.15, 0.2) is 0 Å². The van der Waals surface area contributed by atoms with Crippen LogP contribution in [0.2, 0.25) is 0 Å². The van der Waals surface area contributed by atoms with E-state index < -0.39 is 0 Å². The highest BCUT2D eigenvalue weighted by Crippen LogP contribution is 2.53. The minimum Gasteiger partial charge on any atom is -0.311 e. The van der Waals surface area contributed by atoms with E-state index in [2.05, 4.69) is 350 Å². The van der Waals surface area contributed by atoms with E-state index in [1.54, 1.807) is 0 Å². The monoisotopic (exact) mass is 1200 g/mol. The van der Waals surface area contributed by atoms with Crippen molar-refractivity contribution in [1.82, 2.24) is 0 Å². The molecule has 1 aromatic heterocycles. The first-order valence-electron chi connectivity index (χ1n) is 32.9. The smallest absolute Gasteiger partial charge is 0.254 e. The van der Waals surface area contributed by atoms with Crippen LogP contribution >= 0.6 is 11.3 Å². The standard InChI is InChI=1S/C84H89BN4S/c1-79(2,3)54-26-38-60(39-27-54)86(61-40-28-55(29-41-61)80(4,5)6)66-50-51-68-71(52-66)88(64-46-34-58(35-47-64)83(13,14)15)69-23-21-24-70-76(69)85(68)77-73(89(70)65-48-36-59(37-49-65)84(16,17)18)53-72(75-67-22-19-20-25-74(67)90-78(75)77)87(62-42-30-56(31-43-62)81(7,8)9)63-44-32-57(33-45-63)82(10,11)12/h19-53H,1-18H3/i21D. The molecular weight excluding hydrogens is 1110 g/mol. The molecule has 2 aliphatic heterocycles. The number of nitrogens with zero attached hydrogens (tertiary/aromatic N) is 4. The molecule has 2 aliphatic rings. The first-order valence-corrected chi connectivity index (χ1v) is 33.2. The highest BCUT2D eigenvalue weighted by molar-refractivity contribution is 7.28. The quantitative estimate of drug-likeness (QED) is 0.141. The lowest BCUT2D eigenvalue weighted by molar-refractivity contribution is 0.590. The van der Waals surface area contributed by atoms with E-state index in [1.165, 1.54) is 69.9 Å². The molecule has 0 radical (unpaired) electrons. The molecule has 0 saturated carbocycles. The average Bonchev–Trinajstić information content (AvgIpc) is 1.63. The van der Waals surface area contributed by atoms with Crippen LogP contribution in [0.1, 0.15) is 159 Å². The highest BCUT2D eigenvalue weighted by Gasteiger charge is 2.46. The van der Waals surface area contributed by atoms with Crippen molar-refractivity contribution in [2.45, 2.75) is 157 Å². The third-order valence-corrected chi connectivity index (χ3v) is 20.2. The van der Waals surface area contributed by atoms with Crippen molar-refractivity contribution in [2.75, 3.05) is 19.6 Å². The van der Waals surface area contributed by atoms with Crippen LogP contribution in [0, 0.1) is 0 Å². The van der Waals surface area contributed by atoms with Gasteiger partial charge in [0.25, 0.3) is 6.71 Å². The fraction of sp³-hybridized carbons (Fsp3) is 0.286. The van der Waals surface area contributed by atoms with Crippen LogP contribution in [0.25, 0.3) is 20.2 Å². The number of anilines is 12. The number of hydrogen-bond donors (Lipinski definition) is 0. The summed E-state index contributed by atoms with van der Waals surface area (Å²) in [6.45, 7) is 41.0. The highest BCUT2D eigenvalue weighted by atomic mass is 32.1. The van der Waals surface area contributed by atoms with Crippen LogP contribution in [0.5, 0.6) is 0 Å². The molecule has 454 valence electrons. The molecule has 4 nitrogen and oxygen atoms in total. The Balaban J connectivity index is 1.14. The van der Waals surface area contributed by atoms with Gasteiger partial charge >= 0.3 is 0 Å². The summed E-state index contributed by atoms with van der Waals surface area (Å²) in [5.74, 6) is 0. The Morgan fingerprint density at radius 1 is 0.344 bits per heavy atom. The van der Waals surface area contributed by atoms with Gasteiger partial charge in [-0.15, -0.1) is 11.3 Å². The molecule has 0 atom stereocenters. The first kappa shape index (κ1) is 59.3. The number of rotatable bonds is 8. The maximum atomic E-state index is 10.1. The third-order valence-electron chi connectivity index (χ3n) is 19.0. The van der Waals surface area contributed by atoms with E-state index in [0.717, 1.165) is 68.2 Å². The number of thiophene rings is 1. The van der Waals surface area contributed by atoms with Gasteiger partial charge < -0.3 is 19.6 Å². The fourth-order valence-electron chi connectivity index (χ4n) is 13.6. The topological polar surface area (TPSA) is 13.0 Å². The predicted molar refractivity (Wildman–Crippen MR) is 395 cm³/mol. The van der Waals surface area contributed by atoms with E-state index in [4.69, 9.17) is 0 Å². The molecule has 6 heteroatoms. The van der Waals surface area contributed by atoms with E-state index >= 15 is 0 Å². The summed E-state index contributed by atoms with van der Waals surface area (Å²) in [4.78, 5) is 9.95. The van der Waals surface area contributed by atoms with E-state index in [-0.39, 0.29) is 39.2 Å². The van der Waals surface area contributed by atoms with Crippen LogP contribution in [0.15, 0.2) is 212 Å². The molecule has 0 fully saturated rings. The lowest BCUT2D eigenvalue weighted by atomic mass is 9.33. The summed E-state index contributed by atoms with van der Waals surface area (Å²) in [6.07, 6.45) is 0. The van der Waals surface area contributed by atoms with Gasteiger partial charge in [0.1, 0.15) is 0 Å². The minimum absolute atomic E-state index is 0.00838. The molecule has 11 aromatic rings. The Kier molecular flexibility index (Phi) is 14.3. The van der Waals surface area contributed by atoms with Gasteiger partial charge in [0.2, 0.25) is 0 Å². The summed E-state index contributed by atoms with van der Waals surface area (Å²) in [5.41, 5.74) is 24.0. The van der Waals surface area contributed by atoms with Gasteiger partial charge in [-0.25, -0.2) is 0 Å². The maximum absolute atomic E-state index is 10.1. The molecular formula is C84H89BN4S. The molecule has 13 rings (SSSR count). The summed E-state index contributed by atoms with van der Waals surface area (Å²) in [7, 11) is 0. The van der Waals surface area contributed by atoms with E-state index in [0.29, 0.717) is 6.04 Å². The lowest BCUT2D eigenvalue weighted by Gasteiger charge is -2.45. The Morgan fingerprint density at radius 2 is 0.700 bits per heavy atom. The largest absolute Gasteiger partial charge is 0.311 e. The van der Waals surface area contributed by atoms with Gasteiger partial charge in [0, 0.05) is 82.7 Å². The van der Waals surface area contributed by atoms with Crippen LogP contribution in [-0.2, 0) is 32.5 Å². The zero-order valence-corrected chi connectivity index (χ0v) is 57.2. The van der Waals surface area contributed by atoms with Crippen LogP contribution in [-0.4, -0.2) is 6.71 Å². The van der Waals surface area contributed by atoms with Gasteiger partial charge in [-0.05, 0) is 191 Å². The SMILES string of the molecule is [2H]c1cc2c3c(c1)N(c1ccc(C(C)(C)C)cc1)c1cc(N(c4ccc(C(C)(C)C)cc4)c4ccc(C(C)(C)C)cc4)c4c(sc5ccccc54)c1B3c1ccc(N(c3ccc(C(C)(C)C)cc3)c3ccc(C(C)(C)C)cc3)cc1N2c1ccc(C(C)(C)C)cc1. The van der Waals surface area contributed by atoms with Gasteiger partial charge in [0.05, 0.1) is 7.06 Å². The summed E-state index contributed by atoms with van der Waals surface area (Å²) < 4.78 is 12.6. The van der Waals surface area contributed by atoms with Crippen molar-refractivity contribution in [2.24, 2.45) is 0 Å². The number of benzene rings is 10. The van der Waals surface area contributed by atoms with Crippen molar-refractivity contribution in [1.29, 1.82) is 0 Å². The fourth-order valence-corrected chi connectivity index (χ4v) is 14.9. The molecule has 10 aromatic carbocycles. The molecule has 0 saturated heterocycles. The molecule has 0 spiro atoms.